The van der Waals surface area contributed by atoms with Crippen LogP contribution in [0.3, 0.4) is 0 Å². The molecule has 0 atom stereocenters. The van der Waals surface area contributed by atoms with Crippen LogP contribution in [-0.2, 0) is 25.7 Å². The van der Waals surface area contributed by atoms with Crippen molar-refractivity contribution < 1.29 is 0 Å². The molecule has 8 rings (SSSR count). The highest BCUT2D eigenvalue weighted by Crippen LogP contribution is 2.57. The lowest BCUT2D eigenvalue weighted by Crippen LogP contribution is -1.95. The van der Waals surface area contributed by atoms with E-state index in [0.717, 1.165) is 34.7 Å². The minimum absolute atomic E-state index is 0.198. The maximum atomic E-state index is 10.2. The molecule has 0 aliphatic carbocycles. The fourth-order valence-corrected chi connectivity index (χ4v) is 19.4. The van der Waals surface area contributed by atoms with E-state index in [2.05, 4.69) is 64.1 Å². The van der Waals surface area contributed by atoms with E-state index in [1.807, 2.05) is 45.3 Å². The zero-order valence-electron chi connectivity index (χ0n) is 42.2. The molecule has 0 radical (unpaired) electrons. The average molecular weight is 1040 g/mol. The minimum Gasteiger partial charge on any atom is -0.192 e. The highest BCUT2D eigenvalue weighted by Gasteiger charge is 2.28. The smallest absolute Gasteiger partial charge is 0.146 e. The van der Waals surface area contributed by atoms with Gasteiger partial charge in [-0.2, -0.15) is 21.0 Å². The lowest BCUT2D eigenvalue weighted by atomic mass is 9.97. The van der Waals surface area contributed by atoms with Crippen LogP contribution < -0.4 is 9.06 Å². The summed E-state index contributed by atoms with van der Waals surface area (Å²) < 4.78 is 12.0. The van der Waals surface area contributed by atoms with E-state index >= 15 is 0 Å². The Morgan fingerprint density at radius 2 is 0.629 bits per heavy atom. The molecule has 10 heteroatoms. The Labute approximate surface area is 440 Å². The van der Waals surface area contributed by atoms with E-state index in [4.69, 9.17) is 0 Å². The van der Waals surface area contributed by atoms with Crippen molar-refractivity contribution in [3.05, 3.63) is 42.1 Å². The summed E-state index contributed by atoms with van der Waals surface area (Å²) in [5.41, 5.74) is 3.42. The number of nitriles is 4. The van der Waals surface area contributed by atoms with Crippen LogP contribution in [0.2, 0.25) is 0 Å². The van der Waals surface area contributed by atoms with Gasteiger partial charge in [-0.05, 0) is 74.6 Å². The molecular formula is C60H70N4S6. The molecule has 70 heavy (non-hydrogen) atoms. The van der Waals surface area contributed by atoms with E-state index in [0.29, 0.717) is 0 Å². The topological polar surface area (TPSA) is 95.2 Å². The summed E-state index contributed by atoms with van der Waals surface area (Å²) in [6, 6.07) is 13.4. The number of hydrogen-bond donors (Lipinski definition) is 0. The van der Waals surface area contributed by atoms with Gasteiger partial charge in [0.1, 0.15) is 35.4 Å². The van der Waals surface area contributed by atoms with Crippen LogP contribution in [0.1, 0.15) is 203 Å². The molecule has 0 saturated carbocycles. The van der Waals surface area contributed by atoms with Crippen molar-refractivity contribution in [3.8, 4) is 24.3 Å². The van der Waals surface area contributed by atoms with Gasteiger partial charge in [0.25, 0.3) is 0 Å². The Balaban J connectivity index is 1.41. The molecule has 0 spiro atoms. The van der Waals surface area contributed by atoms with Gasteiger partial charge < -0.3 is 0 Å². The lowest BCUT2D eigenvalue weighted by molar-refractivity contribution is 0.601. The summed E-state index contributed by atoms with van der Waals surface area (Å²) in [5, 5.41) is 48.8. The van der Waals surface area contributed by atoms with Gasteiger partial charge in [0.05, 0.1) is 37.3 Å². The van der Waals surface area contributed by atoms with Crippen LogP contribution in [0.15, 0.2) is 12.1 Å². The first-order valence-corrected chi connectivity index (χ1v) is 31.9. The summed E-state index contributed by atoms with van der Waals surface area (Å²) >= 11 is 11.2. The molecule has 8 aromatic rings. The van der Waals surface area contributed by atoms with E-state index in [1.54, 1.807) is 22.7 Å². The third kappa shape index (κ3) is 11.1. The number of benzene rings is 2. The number of unbranched alkanes of at least 4 members (excludes halogenated alkanes) is 20. The first-order chi connectivity index (χ1) is 34.5. The van der Waals surface area contributed by atoms with Crippen LogP contribution in [-0.4, -0.2) is 0 Å². The third-order valence-electron chi connectivity index (χ3n) is 14.6. The van der Waals surface area contributed by atoms with Crippen molar-refractivity contribution in [1.82, 2.24) is 0 Å². The van der Waals surface area contributed by atoms with Crippen LogP contribution >= 0.6 is 68.0 Å². The summed E-state index contributed by atoms with van der Waals surface area (Å²) in [6.07, 6.45) is 34.6. The summed E-state index contributed by atoms with van der Waals surface area (Å²) in [4.78, 5) is 3.07. The number of nitrogens with zero attached hydrogens (tertiary/aromatic N) is 4. The maximum absolute atomic E-state index is 10.2. The molecule has 366 valence electrons. The van der Waals surface area contributed by atoms with Gasteiger partial charge in [-0.1, -0.05) is 156 Å². The van der Waals surface area contributed by atoms with Crippen LogP contribution in [0.5, 0.6) is 0 Å². The van der Waals surface area contributed by atoms with Crippen molar-refractivity contribution in [3.63, 3.8) is 0 Å². The van der Waals surface area contributed by atoms with Crippen LogP contribution in [0.4, 0.5) is 0 Å². The average Bonchev–Trinajstić information content (AvgIpc) is 4.23. The maximum Gasteiger partial charge on any atom is 0.146 e. The second kappa shape index (κ2) is 25.7. The van der Waals surface area contributed by atoms with E-state index in [9.17, 15) is 21.0 Å². The monoisotopic (exact) mass is 1040 g/mol. The highest BCUT2D eigenvalue weighted by molar-refractivity contribution is 7.41. The molecule has 2 aromatic carbocycles. The molecule has 0 fully saturated rings. The highest BCUT2D eigenvalue weighted by atomic mass is 32.1. The van der Waals surface area contributed by atoms with Crippen molar-refractivity contribution in [2.45, 2.75) is 207 Å². The van der Waals surface area contributed by atoms with Crippen molar-refractivity contribution in [2.24, 2.45) is 0 Å². The van der Waals surface area contributed by atoms with Gasteiger partial charge in [0.2, 0.25) is 0 Å². The molecule has 0 unspecified atom stereocenters. The SMILES string of the molecule is CCCCCCCCc1sc2c(c1CCCCCCCC)c1cc(=C(C#N)C#N)sc1c1sc3c(sc4c5sc(=C(C#N)C#N)cc5c5c(CCCCCCCC)c(CCCCCCCC)sc5c43)c12. The predicted molar refractivity (Wildman–Crippen MR) is 313 cm³/mol. The molecule has 6 aromatic heterocycles. The Morgan fingerprint density at radius 3 is 0.957 bits per heavy atom. The number of hydrogen-bond acceptors (Lipinski definition) is 10. The van der Waals surface area contributed by atoms with Gasteiger partial charge in [0, 0.05) is 51.5 Å². The first-order valence-electron chi connectivity index (χ1n) is 27.0. The molecule has 0 aliphatic rings. The molecule has 0 bridgehead atoms. The zero-order valence-corrected chi connectivity index (χ0v) is 47.1. The first kappa shape index (κ1) is 52.5. The molecule has 0 aliphatic heterocycles. The quantitative estimate of drug-likeness (QED) is 0.0457. The predicted octanol–water partition coefficient (Wildman–Crippen LogP) is 20.1. The molecular weight excluding hydrogens is 969 g/mol. The van der Waals surface area contributed by atoms with Gasteiger partial charge in [-0.25, -0.2) is 0 Å². The van der Waals surface area contributed by atoms with E-state index in [-0.39, 0.29) is 11.1 Å². The molecule has 6 heterocycles. The van der Waals surface area contributed by atoms with Gasteiger partial charge in [0.15, 0.2) is 0 Å². The molecule has 0 N–H and O–H groups in total. The van der Waals surface area contributed by atoms with Crippen molar-refractivity contribution in [2.75, 3.05) is 0 Å². The fraction of sp³-hybridized carbons (Fsp3) is 0.533. The number of rotatable bonds is 28. The number of thiophene rings is 6. The van der Waals surface area contributed by atoms with E-state index in [1.165, 1.54) is 245 Å². The Hall–Kier alpha value is -3.84. The standard InChI is InChI=1S/C60H70N4S6/c1-5-9-13-17-21-25-29-41-45(31-27-23-19-15-11-7-3)65-55-49(41)43-33-47(39(35-61)36-62)67-53(43)57-51(55)59-60(69-57)52-56-50(44-34-48(40(37-63)38-64)68-54(44)58(52)70-59)42(30-26-22-18-14-10-6-2)46(66-56)32-28-24-20-16-12-8-4/h33-34H,5-32H2,1-4H3. The summed E-state index contributed by atoms with van der Waals surface area (Å²) in [5.74, 6) is 0. The fourth-order valence-electron chi connectivity index (χ4n) is 10.8. The van der Waals surface area contributed by atoms with Crippen molar-refractivity contribution in [1.29, 1.82) is 21.0 Å². The Kier molecular flexibility index (Phi) is 19.3. The van der Waals surface area contributed by atoms with Crippen molar-refractivity contribution >= 4 is 149 Å². The third-order valence-corrected chi connectivity index (χ3v) is 22.4. The van der Waals surface area contributed by atoms with E-state index < -0.39 is 0 Å². The van der Waals surface area contributed by atoms with Gasteiger partial charge in [-0.15, -0.1) is 68.0 Å². The second-order valence-corrected chi connectivity index (χ2v) is 26.0. The largest absolute Gasteiger partial charge is 0.192 e. The number of aryl methyl sites for hydroxylation is 4. The number of fused-ring (bicyclic) bond motifs is 15. The van der Waals surface area contributed by atoms with Crippen LogP contribution in [0.25, 0.3) is 81.1 Å². The molecule has 0 amide bonds. The zero-order chi connectivity index (χ0) is 49.0. The molecule has 4 nitrogen and oxygen atoms in total. The lowest BCUT2D eigenvalue weighted by Gasteiger charge is -2.07. The normalized spacial score (nSPS) is 11.8. The summed E-state index contributed by atoms with van der Waals surface area (Å²) in [7, 11) is 0. The Bertz CT molecular complexity index is 3150. The van der Waals surface area contributed by atoms with Gasteiger partial charge >= 0.3 is 0 Å². The second-order valence-electron chi connectivity index (χ2n) is 19.7. The summed E-state index contributed by atoms with van der Waals surface area (Å²) in [6.45, 7) is 9.16. The Morgan fingerprint density at radius 1 is 0.329 bits per heavy atom. The minimum atomic E-state index is 0.198. The van der Waals surface area contributed by atoms with Crippen LogP contribution in [0, 0.1) is 45.3 Å². The van der Waals surface area contributed by atoms with Gasteiger partial charge in [-0.3, -0.25) is 0 Å². The molecule has 0 saturated heterocycles.